The first-order valence-corrected chi connectivity index (χ1v) is 20.2. The van der Waals surface area contributed by atoms with Gasteiger partial charge in [-0.2, -0.15) is 27.1 Å². The van der Waals surface area contributed by atoms with Crippen LogP contribution in [0.2, 0.25) is 0 Å². The summed E-state index contributed by atoms with van der Waals surface area (Å²) in [4.78, 5) is -1.59. The van der Waals surface area contributed by atoms with Crippen molar-refractivity contribution in [1.29, 1.82) is 0 Å². The number of rotatable bonds is 8. The van der Waals surface area contributed by atoms with Crippen molar-refractivity contribution >= 4 is 84.8 Å². The molecule has 0 fully saturated rings. The predicted octanol–water partition coefficient (Wildman–Crippen LogP) is 0.231. The van der Waals surface area contributed by atoms with Gasteiger partial charge < -0.3 is 19.3 Å². The van der Waals surface area contributed by atoms with Gasteiger partial charge in [0, 0.05) is 10.8 Å². The Bertz CT molecular complexity index is 2780. The van der Waals surface area contributed by atoms with Crippen molar-refractivity contribution in [1.82, 2.24) is 0 Å². The molecule has 0 bridgehead atoms. The van der Waals surface area contributed by atoms with Crippen LogP contribution in [0.1, 0.15) is 0 Å². The molecule has 4 N–H and O–H groups in total. The average molecular weight is 861 g/mol. The van der Waals surface area contributed by atoms with Gasteiger partial charge in [-0.25, -0.2) is 16.8 Å². The maximum atomic E-state index is 11.2. The number of nitrogens with zero attached hydrogens (tertiary/aromatic N) is 4. The number of benzene rings is 6. The summed E-state index contributed by atoms with van der Waals surface area (Å²) in [5.74, 6) is -0.509. The number of aromatic hydroxyl groups is 2. The molecule has 0 radical (unpaired) electrons. The normalized spacial score (nSPS) is 12.2. The first kappa shape index (κ1) is 46.7. The van der Waals surface area contributed by atoms with E-state index in [0.29, 0.717) is 21.5 Å². The molecule has 0 amide bonds. The molecule has 0 saturated heterocycles. The molecule has 0 atom stereocenters. The number of phenolic OH excluding ortho intramolecular Hbond substituents is 2. The summed E-state index contributed by atoms with van der Waals surface area (Å²) < 4.78 is 130. The van der Waals surface area contributed by atoms with E-state index in [9.17, 15) is 53.0 Å². The molecule has 0 saturated carbocycles. The standard InChI is InChI=1S/2C16H12N2O7S2.2Na/c2*19-15-7-4-10-8-13(27(23,24)25)5-6-14(10)16(15)18-17-11-2-1-3-12(9-11)26(20,21)22;;/h2*1-9,19H,(H,20,21,22)(H,23,24,25);;/q;;2*+1/p-2. The van der Waals surface area contributed by atoms with Crippen molar-refractivity contribution in [3.8, 4) is 11.5 Å². The molecule has 280 valence electrons. The molecule has 0 aliphatic carbocycles. The van der Waals surface area contributed by atoms with Gasteiger partial charge in [0.2, 0.25) is 0 Å². The molecular formula is C32H22N4Na2O14S4. The second kappa shape index (κ2) is 18.3. The Labute approximate surface area is 363 Å². The number of hydrogen-bond donors (Lipinski definition) is 4. The van der Waals surface area contributed by atoms with Gasteiger partial charge >= 0.3 is 59.1 Å². The SMILES string of the molecule is O=S(=O)([O-])c1ccc2c(N=Nc3cccc(S(=O)(=O)O)c3)c(O)ccc2c1.O=S(=O)([O-])c1ccc2c(N=Nc3cccc(S(=O)(=O)O)c3)c(O)ccc2c1.[Na+].[Na+]. The van der Waals surface area contributed by atoms with Crippen molar-refractivity contribution in [3.05, 3.63) is 109 Å². The van der Waals surface area contributed by atoms with Crippen LogP contribution in [-0.2, 0) is 40.5 Å². The van der Waals surface area contributed by atoms with Crippen LogP contribution in [0.5, 0.6) is 11.5 Å². The molecule has 6 aromatic rings. The molecule has 6 rings (SSSR count). The Morgan fingerprint density at radius 1 is 0.429 bits per heavy atom. The molecule has 18 nitrogen and oxygen atoms in total. The van der Waals surface area contributed by atoms with Crippen molar-refractivity contribution in [2.45, 2.75) is 19.6 Å². The minimum Gasteiger partial charge on any atom is -0.744 e. The number of azo groups is 2. The largest absolute Gasteiger partial charge is 1.00 e. The number of hydrogen-bond acceptors (Lipinski definition) is 16. The molecule has 0 heterocycles. The summed E-state index contributed by atoms with van der Waals surface area (Å²) in [6, 6.07) is 22.5. The van der Waals surface area contributed by atoms with Gasteiger partial charge in [-0.3, -0.25) is 9.11 Å². The summed E-state index contributed by atoms with van der Waals surface area (Å²) in [5.41, 5.74) is 0.194. The van der Waals surface area contributed by atoms with Crippen LogP contribution >= 0.6 is 0 Å². The Morgan fingerprint density at radius 2 is 0.786 bits per heavy atom. The maximum absolute atomic E-state index is 11.2. The molecule has 0 spiro atoms. The molecular weight excluding hydrogens is 839 g/mol. The van der Waals surface area contributed by atoms with E-state index in [1.807, 2.05) is 0 Å². The molecule has 24 heteroatoms. The van der Waals surface area contributed by atoms with Gasteiger partial charge in [0.25, 0.3) is 20.2 Å². The van der Waals surface area contributed by atoms with Crippen molar-refractivity contribution in [2.75, 3.05) is 0 Å². The first-order valence-electron chi connectivity index (χ1n) is 14.5. The van der Waals surface area contributed by atoms with Crippen molar-refractivity contribution in [2.24, 2.45) is 20.5 Å². The fourth-order valence-electron chi connectivity index (χ4n) is 4.71. The van der Waals surface area contributed by atoms with Crippen LogP contribution in [-0.4, -0.2) is 62.1 Å². The van der Waals surface area contributed by atoms with Crippen LogP contribution < -0.4 is 59.1 Å². The minimum atomic E-state index is -4.64. The van der Waals surface area contributed by atoms with E-state index in [0.717, 1.165) is 36.4 Å². The van der Waals surface area contributed by atoms with Crippen LogP contribution in [0, 0.1) is 0 Å². The maximum Gasteiger partial charge on any atom is 1.00 e. The Morgan fingerprint density at radius 3 is 1.11 bits per heavy atom. The van der Waals surface area contributed by atoms with Gasteiger partial charge in [-0.05, 0) is 83.6 Å². The quantitative estimate of drug-likeness (QED) is 0.0905. The third kappa shape index (κ3) is 11.7. The second-order valence-corrected chi connectivity index (χ2v) is 16.5. The van der Waals surface area contributed by atoms with E-state index in [-0.39, 0.29) is 103 Å². The molecule has 0 aromatic heterocycles. The molecule has 6 aromatic carbocycles. The second-order valence-electron chi connectivity index (χ2n) is 10.9. The smallest absolute Gasteiger partial charge is 0.744 e. The van der Waals surface area contributed by atoms with Gasteiger partial charge in [-0.15, -0.1) is 10.2 Å². The summed E-state index contributed by atoms with van der Waals surface area (Å²) in [6.45, 7) is 0. The van der Waals surface area contributed by atoms with E-state index >= 15 is 0 Å². The Hall–Kier alpha value is -3.72. The van der Waals surface area contributed by atoms with Gasteiger partial charge in [-0.1, -0.05) is 36.4 Å². The van der Waals surface area contributed by atoms with Gasteiger partial charge in [0.15, 0.2) is 0 Å². The van der Waals surface area contributed by atoms with Crippen LogP contribution in [0.4, 0.5) is 22.7 Å². The number of phenols is 2. The predicted molar refractivity (Wildman–Crippen MR) is 188 cm³/mol. The molecule has 0 aliphatic rings. The zero-order valence-electron chi connectivity index (χ0n) is 28.7. The fourth-order valence-corrected chi connectivity index (χ4v) is 6.76. The summed E-state index contributed by atoms with van der Waals surface area (Å²) in [6.07, 6.45) is 0. The zero-order chi connectivity index (χ0) is 39.6. The first-order chi connectivity index (χ1) is 25.1. The van der Waals surface area contributed by atoms with Gasteiger partial charge in [0.1, 0.15) is 43.1 Å². The molecule has 0 unspecified atom stereocenters. The monoisotopic (exact) mass is 860 g/mol. The summed E-state index contributed by atoms with van der Waals surface area (Å²) >= 11 is 0. The number of fused-ring (bicyclic) bond motifs is 2. The van der Waals surface area contributed by atoms with E-state index in [4.69, 9.17) is 9.11 Å². The van der Waals surface area contributed by atoms with Crippen LogP contribution in [0.25, 0.3) is 21.5 Å². The fraction of sp³-hybridized carbons (Fsp3) is 0. The van der Waals surface area contributed by atoms with E-state index < -0.39 is 50.3 Å². The van der Waals surface area contributed by atoms with E-state index in [2.05, 4.69) is 20.5 Å². The third-order valence-corrected chi connectivity index (χ3v) is 10.6. The van der Waals surface area contributed by atoms with Crippen LogP contribution in [0.15, 0.2) is 149 Å². The van der Waals surface area contributed by atoms with Gasteiger partial charge in [0.05, 0.1) is 31.0 Å². The minimum absolute atomic E-state index is 0. The van der Waals surface area contributed by atoms with Crippen molar-refractivity contribution in [3.63, 3.8) is 0 Å². The topological polar surface area (TPSA) is 313 Å². The van der Waals surface area contributed by atoms with Crippen LogP contribution in [0.3, 0.4) is 0 Å². The molecule has 56 heavy (non-hydrogen) atoms. The zero-order valence-corrected chi connectivity index (χ0v) is 36.0. The Kier molecular flexibility index (Phi) is 15.2. The Balaban J connectivity index is 0.000000290. The van der Waals surface area contributed by atoms with E-state index in [1.165, 1.54) is 72.8 Å². The average Bonchev–Trinajstić information content (AvgIpc) is 3.09. The summed E-state index contributed by atoms with van der Waals surface area (Å²) in [7, 11) is -18.1. The third-order valence-electron chi connectivity index (χ3n) is 7.22. The molecule has 0 aliphatic heterocycles. The van der Waals surface area contributed by atoms with Crippen molar-refractivity contribution < 1.29 is 121 Å². The van der Waals surface area contributed by atoms with E-state index in [1.54, 1.807) is 0 Å². The summed E-state index contributed by atoms with van der Waals surface area (Å²) in [5, 5.41) is 36.9.